The first kappa shape index (κ1) is 16.6. The van der Waals surface area contributed by atoms with Crippen LogP contribution in [0.1, 0.15) is 0 Å². The zero-order valence-electron chi connectivity index (χ0n) is 14.8. The molecule has 0 bridgehead atoms. The van der Waals surface area contributed by atoms with Crippen LogP contribution in [0.4, 0.5) is 11.4 Å². The molecule has 0 amide bonds. The zero-order valence-corrected chi connectivity index (χ0v) is 15.6. The van der Waals surface area contributed by atoms with Gasteiger partial charge in [-0.25, -0.2) is 4.98 Å². The van der Waals surface area contributed by atoms with E-state index >= 15 is 0 Å². The van der Waals surface area contributed by atoms with Crippen LogP contribution >= 0.6 is 11.3 Å². The van der Waals surface area contributed by atoms with Gasteiger partial charge in [0, 0.05) is 5.39 Å². The van der Waals surface area contributed by atoms with Gasteiger partial charge in [-0.1, -0.05) is 54.6 Å². The number of thiazole rings is 1. The monoisotopic (exact) mass is 381 g/mol. The molecular weight excluding hydrogens is 366 g/mol. The number of rotatable bonds is 3. The zero-order chi connectivity index (χ0) is 18.9. The molecule has 134 valence electrons. The molecule has 1 heterocycles. The van der Waals surface area contributed by atoms with Crippen LogP contribution in [0, 0.1) is 0 Å². The number of para-hydroxylation sites is 1. The highest BCUT2D eigenvalue weighted by molar-refractivity contribution is 7.21. The smallest absolute Gasteiger partial charge is 0.154 e. The summed E-state index contributed by atoms with van der Waals surface area (Å²) in [6.07, 6.45) is 0. The second kappa shape index (κ2) is 6.87. The van der Waals surface area contributed by atoms with Crippen LogP contribution in [0.25, 0.3) is 31.6 Å². The van der Waals surface area contributed by atoms with Gasteiger partial charge in [-0.15, -0.1) is 16.5 Å². The van der Waals surface area contributed by atoms with Gasteiger partial charge in [0.05, 0.1) is 21.5 Å². The fourth-order valence-corrected chi connectivity index (χ4v) is 4.15. The molecule has 0 radical (unpaired) electrons. The van der Waals surface area contributed by atoms with E-state index < -0.39 is 0 Å². The Bertz CT molecular complexity index is 1290. The van der Waals surface area contributed by atoms with Crippen molar-refractivity contribution in [3.8, 4) is 16.3 Å². The molecule has 5 rings (SSSR count). The molecule has 0 saturated heterocycles. The molecule has 5 heteroatoms. The predicted octanol–water partition coefficient (Wildman–Crippen LogP) is 7.24. The van der Waals surface area contributed by atoms with E-state index in [1.165, 1.54) is 0 Å². The van der Waals surface area contributed by atoms with Crippen molar-refractivity contribution in [3.63, 3.8) is 0 Å². The van der Waals surface area contributed by atoms with E-state index in [0.717, 1.165) is 31.7 Å². The number of benzene rings is 4. The lowest BCUT2D eigenvalue weighted by molar-refractivity contribution is 0.479. The van der Waals surface area contributed by atoms with E-state index in [1.807, 2.05) is 84.9 Å². The lowest BCUT2D eigenvalue weighted by Gasteiger charge is -2.08. The molecule has 4 nitrogen and oxygen atoms in total. The molecule has 0 aliphatic rings. The Morgan fingerprint density at radius 3 is 2.39 bits per heavy atom. The molecule has 0 unspecified atom stereocenters. The molecule has 0 aliphatic carbocycles. The van der Waals surface area contributed by atoms with Gasteiger partial charge in [-0.3, -0.25) is 0 Å². The molecule has 0 saturated carbocycles. The number of phenols is 1. The van der Waals surface area contributed by atoms with Gasteiger partial charge < -0.3 is 5.11 Å². The van der Waals surface area contributed by atoms with E-state index in [0.29, 0.717) is 11.3 Å². The van der Waals surface area contributed by atoms with Gasteiger partial charge in [-0.2, -0.15) is 5.11 Å². The van der Waals surface area contributed by atoms with Crippen LogP contribution < -0.4 is 0 Å². The second-order valence-corrected chi connectivity index (χ2v) is 7.40. The Kier molecular flexibility index (Phi) is 4.07. The third-order valence-corrected chi connectivity index (χ3v) is 5.61. The summed E-state index contributed by atoms with van der Waals surface area (Å²) in [7, 11) is 0. The van der Waals surface area contributed by atoms with Crippen molar-refractivity contribution in [1.82, 2.24) is 4.98 Å². The van der Waals surface area contributed by atoms with Gasteiger partial charge in [0.2, 0.25) is 0 Å². The van der Waals surface area contributed by atoms with E-state index in [-0.39, 0.29) is 5.75 Å². The van der Waals surface area contributed by atoms with E-state index in [2.05, 4.69) is 10.2 Å². The van der Waals surface area contributed by atoms with Crippen LogP contribution in [0.15, 0.2) is 95.2 Å². The van der Waals surface area contributed by atoms with Crippen molar-refractivity contribution in [2.45, 2.75) is 0 Å². The van der Waals surface area contributed by atoms with E-state index in [1.54, 1.807) is 11.3 Å². The van der Waals surface area contributed by atoms with Crippen LogP contribution in [0.2, 0.25) is 0 Å². The van der Waals surface area contributed by atoms with Gasteiger partial charge in [0.15, 0.2) is 5.75 Å². The highest BCUT2D eigenvalue weighted by Gasteiger charge is 2.17. The van der Waals surface area contributed by atoms with Gasteiger partial charge in [0.1, 0.15) is 10.7 Å². The first-order chi connectivity index (χ1) is 13.8. The number of aromatic nitrogens is 1. The van der Waals surface area contributed by atoms with Gasteiger partial charge in [0.25, 0.3) is 0 Å². The van der Waals surface area contributed by atoms with Crippen molar-refractivity contribution in [2.24, 2.45) is 10.2 Å². The van der Waals surface area contributed by atoms with Gasteiger partial charge in [-0.05, 0) is 35.7 Å². The van der Waals surface area contributed by atoms with Crippen molar-refractivity contribution in [3.05, 3.63) is 84.9 Å². The molecule has 1 aromatic heterocycles. The highest BCUT2D eigenvalue weighted by Crippen LogP contribution is 2.45. The fourth-order valence-electron chi connectivity index (χ4n) is 3.17. The van der Waals surface area contributed by atoms with Crippen molar-refractivity contribution in [2.75, 3.05) is 0 Å². The second-order valence-electron chi connectivity index (χ2n) is 6.36. The molecule has 0 fully saturated rings. The Morgan fingerprint density at radius 2 is 1.54 bits per heavy atom. The number of aromatic hydroxyl groups is 1. The molecule has 28 heavy (non-hydrogen) atoms. The van der Waals surface area contributed by atoms with Crippen LogP contribution in [0.3, 0.4) is 0 Å². The summed E-state index contributed by atoms with van der Waals surface area (Å²) >= 11 is 1.55. The minimum atomic E-state index is 0.0948. The topological polar surface area (TPSA) is 57.8 Å². The largest absolute Gasteiger partial charge is 0.505 e. The minimum absolute atomic E-state index is 0.0948. The number of hydrogen-bond donors (Lipinski definition) is 1. The third kappa shape index (κ3) is 2.92. The number of phenolic OH excluding ortho intramolecular Hbond substituents is 1. The van der Waals surface area contributed by atoms with Crippen molar-refractivity contribution >= 4 is 43.7 Å². The predicted molar refractivity (Wildman–Crippen MR) is 115 cm³/mol. The standard InChI is InChI=1S/C23H15N3OS/c27-22-18(23-24-19-12-6-7-13-20(19)28-23)14-15-8-4-5-11-17(15)21(22)26-25-16-9-2-1-3-10-16/h1-14,27H. The maximum atomic E-state index is 11.1. The van der Waals surface area contributed by atoms with Gasteiger partial charge >= 0.3 is 0 Å². The third-order valence-electron chi connectivity index (χ3n) is 4.54. The highest BCUT2D eigenvalue weighted by atomic mass is 32.1. The normalized spacial score (nSPS) is 11.6. The van der Waals surface area contributed by atoms with Crippen LogP contribution in [-0.2, 0) is 0 Å². The molecule has 0 spiro atoms. The summed E-state index contributed by atoms with van der Waals surface area (Å²) in [6, 6.07) is 27.3. The lowest BCUT2D eigenvalue weighted by Crippen LogP contribution is -1.82. The average Bonchev–Trinajstić information content (AvgIpc) is 3.17. The maximum Gasteiger partial charge on any atom is 0.154 e. The Morgan fingerprint density at radius 1 is 0.786 bits per heavy atom. The quantitative estimate of drug-likeness (QED) is 0.335. The maximum absolute atomic E-state index is 11.1. The Hall–Kier alpha value is -3.57. The molecule has 0 atom stereocenters. The minimum Gasteiger partial charge on any atom is -0.505 e. The first-order valence-electron chi connectivity index (χ1n) is 8.87. The van der Waals surface area contributed by atoms with Crippen LogP contribution in [0.5, 0.6) is 5.75 Å². The lowest BCUT2D eigenvalue weighted by atomic mass is 10.0. The summed E-state index contributed by atoms with van der Waals surface area (Å²) in [6.45, 7) is 0. The molecular formula is C23H15N3OS. The Labute approximate surface area is 165 Å². The number of fused-ring (bicyclic) bond motifs is 2. The molecule has 1 N–H and O–H groups in total. The number of nitrogens with zero attached hydrogens (tertiary/aromatic N) is 3. The van der Waals surface area contributed by atoms with E-state index in [4.69, 9.17) is 4.98 Å². The van der Waals surface area contributed by atoms with Crippen molar-refractivity contribution < 1.29 is 5.11 Å². The summed E-state index contributed by atoms with van der Waals surface area (Å²) in [4.78, 5) is 4.70. The summed E-state index contributed by atoms with van der Waals surface area (Å²) in [5.74, 6) is 0.0948. The molecule has 0 aliphatic heterocycles. The summed E-state index contributed by atoms with van der Waals surface area (Å²) < 4.78 is 1.08. The SMILES string of the molecule is Oc1c(-c2nc3ccccc3s2)cc2ccccc2c1N=Nc1ccccc1. The van der Waals surface area contributed by atoms with Crippen molar-refractivity contribution in [1.29, 1.82) is 0 Å². The number of azo groups is 1. The summed E-state index contributed by atoms with van der Waals surface area (Å²) in [5, 5.41) is 22.4. The van der Waals surface area contributed by atoms with E-state index in [9.17, 15) is 5.11 Å². The Balaban J connectivity index is 1.72. The first-order valence-corrected chi connectivity index (χ1v) is 9.69. The summed E-state index contributed by atoms with van der Waals surface area (Å²) in [5.41, 5.74) is 2.78. The fraction of sp³-hybridized carbons (Fsp3) is 0. The number of hydrogen-bond acceptors (Lipinski definition) is 5. The molecule has 4 aromatic carbocycles. The van der Waals surface area contributed by atoms with Crippen LogP contribution in [-0.4, -0.2) is 10.1 Å². The average molecular weight is 381 g/mol. The molecule has 5 aromatic rings.